The molecule has 2 fully saturated rings. The van der Waals surface area contributed by atoms with Gasteiger partial charge in [0.15, 0.2) is 5.82 Å². The Bertz CT molecular complexity index is 523. The number of morpholine rings is 1. The largest absolute Gasteiger partial charge is 0.508 e. The molecule has 2 bridgehead atoms. The van der Waals surface area contributed by atoms with Crippen LogP contribution < -0.4 is 4.90 Å². The van der Waals surface area contributed by atoms with Gasteiger partial charge in [0, 0.05) is 6.07 Å². The molecule has 2 saturated heterocycles. The van der Waals surface area contributed by atoms with Gasteiger partial charge >= 0.3 is 0 Å². The van der Waals surface area contributed by atoms with Crippen LogP contribution in [0.5, 0.6) is 5.75 Å². The van der Waals surface area contributed by atoms with Gasteiger partial charge in [-0.3, -0.25) is 9.59 Å². The van der Waals surface area contributed by atoms with Crippen LogP contribution in [0, 0.1) is 5.82 Å². The summed E-state index contributed by atoms with van der Waals surface area (Å²) in [6.45, 7) is 0. The topological polar surface area (TPSA) is 66.8 Å². The Morgan fingerprint density at radius 3 is 2.39 bits per heavy atom. The molecule has 1 N–H and O–H groups in total. The van der Waals surface area contributed by atoms with Crippen molar-refractivity contribution in [2.75, 3.05) is 4.90 Å². The molecule has 0 aliphatic carbocycles. The molecule has 2 unspecified atom stereocenters. The summed E-state index contributed by atoms with van der Waals surface area (Å²) in [5.74, 6) is -2.15. The van der Waals surface area contributed by atoms with E-state index in [9.17, 15) is 14.0 Å². The minimum absolute atomic E-state index is 0.136. The zero-order valence-electron chi connectivity index (χ0n) is 9.30. The van der Waals surface area contributed by atoms with E-state index in [2.05, 4.69) is 0 Å². The van der Waals surface area contributed by atoms with Crippen LogP contribution in [-0.4, -0.2) is 29.1 Å². The number of carbonyl (C=O) groups excluding carboxylic acids is 2. The first kappa shape index (κ1) is 11.2. The fourth-order valence-corrected chi connectivity index (χ4v) is 2.31. The predicted octanol–water partition coefficient (Wildman–Crippen LogP) is 0.952. The van der Waals surface area contributed by atoms with Gasteiger partial charge in [0.1, 0.15) is 18.0 Å². The number of hydrogen-bond donors (Lipinski definition) is 1. The fraction of sp³-hybridized carbons (Fsp3) is 0.333. The molecule has 94 valence electrons. The average Bonchev–Trinajstić information content (AvgIpc) is 2.76. The van der Waals surface area contributed by atoms with Crippen molar-refractivity contribution in [1.29, 1.82) is 0 Å². The third-order valence-electron chi connectivity index (χ3n) is 3.18. The second-order valence-electron chi connectivity index (χ2n) is 4.34. The van der Waals surface area contributed by atoms with Crippen LogP contribution in [-0.2, 0) is 14.3 Å². The summed E-state index contributed by atoms with van der Waals surface area (Å²) in [6, 6.07) is 3.31. The fourth-order valence-electron chi connectivity index (χ4n) is 2.31. The molecule has 2 aliphatic rings. The minimum Gasteiger partial charge on any atom is -0.508 e. The van der Waals surface area contributed by atoms with Crippen molar-refractivity contribution in [1.82, 2.24) is 0 Å². The number of benzene rings is 1. The van der Waals surface area contributed by atoms with Crippen LogP contribution in [0.3, 0.4) is 0 Å². The van der Waals surface area contributed by atoms with Crippen LogP contribution >= 0.6 is 0 Å². The Labute approximate surface area is 102 Å². The van der Waals surface area contributed by atoms with Gasteiger partial charge in [0.2, 0.25) is 0 Å². The summed E-state index contributed by atoms with van der Waals surface area (Å²) in [5, 5.41) is 9.13. The molecule has 2 heterocycles. The minimum atomic E-state index is -0.807. The predicted molar refractivity (Wildman–Crippen MR) is 58.5 cm³/mol. The molecule has 6 heteroatoms. The Balaban J connectivity index is 2.05. The van der Waals surface area contributed by atoms with Crippen molar-refractivity contribution in [2.24, 2.45) is 0 Å². The van der Waals surface area contributed by atoms with Crippen molar-refractivity contribution >= 4 is 17.5 Å². The number of rotatable bonds is 1. The third-order valence-corrected chi connectivity index (χ3v) is 3.18. The number of fused-ring (bicyclic) bond motifs is 2. The van der Waals surface area contributed by atoms with Crippen LogP contribution in [0.15, 0.2) is 18.2 Å². The highest BCUT2D eigenvalue weighted by molar-refractivity contribution is 6.19. The lowest BCUT2D eigenvalue weighted by molar-refractivity contribution is -0.146. The van der Waals surface area contributed by atoms with E-state index in [0.29, 0.717) is 12.8 Å². The number of nitrogens with zero attached hydrogens (tertiary/aromatic N) is 1. The number of hydrogen-bond acceptors (Lipinski definition) is 4. The monoisotopic (exact) mass is 251 g/mol. The number of halogens is 1. The van der Waals surface area contributed by atoms with Crippen LogP contribution in [0.4, 0.5) is 10.1 Å². The maximum absolute atomic E-state index is 13.7. The second-order valence-corrected chi connectivity index (χ2v) is 4.34. The summed E-state index contributed by atoms with van der Waals surface area (Å²) >= 11 is 0. The number of amides is 2. The number of phenols is 1. The summed E-state index contributed by atoms with van der Waals surface area (Å²) in [7, 11) is 0. The van der Waals surface area contributed by atoms with E-state index >= 15 is 0 Å². The van der Waals surface area contributed by atoms with E-state index in [4.69, 9.17) is 9.84 Å². The Kier molecular flexibility index (Phi) is 2.34. The smallest absolute Gasteiger partial charge is 0.263 e. The van der Waals surface area contributed by atoms with Gasteiger partial charge in [-0.05, 0) is 25.0 Å². The number of ether oxygens (including phenoxy) is 1. The number of aromatic hydroxyl groups is 1. The van der Waals surface area contributed by atoms with Gasteiger partial charge in [-0.1, -0.05) is 0 Å². The lowest BCUT2D eigenvalue weighted by Gasteiger charge is -2.30. The average molecular weight is 251 g/mol. The van der Waals surface area contributed by atoms with Crippen LogP contribution in [0.1, 0.15) is 12.8 Å². The maximum atomic E-state index is 13.7. The molecule has 0 aromatic heterocycles. The number of carbonyl (C=O) groups is 2. The van der Waals surface area contributed by atoms with E-state index in [1.165, 1.54) is 12.1 Å². The Hall–Kier alpha value is -1.95. The lowest BCUT2D eigenvalue weighted by atomic mass is 10.2. The van der Waals surface area contributed by atoms with Crippen molar-refractivity contribution in [3.8, 4) is 5.75 Å². The molecule has 18 heavy (non-hydrogen) atoms. The van der Waals surface area contributed by atoms with Crippen molar-refractivity contribution in [3.63, 3.8) is 0 Å². The van der Waals surface area contributed by atoms with Gasteiger partial charge in [0.25, 0.3) is 11.8 Å². The van der Waals surface area contributed by atoms with E-state index < -0.39 is 29.8 Å². The molecule has 0 saturated carbocycles. The zero-order valence-corrected chi connectivity index (χ0v) is 9.30. The number of phenolic OH excluding ortho intramolecular Hbond substituents is 1. The van der Waals surface area contributed by atoms with E-state index in [-0.39, 0.29) is 11.4 Å². The van der Waals surface area contributed by atoms with Gasteiger partial charge < -0.3 is 9.84 Å². The highest BCUT2D eigenvalue weighted by Crippen LogP contribution is 2.33. The first-order chi connectivity index (χ1) is 8.58. The molecule has 2 amide bonds. The van der Waals surface area contributed by atoms with Gasteiger partial charge in [0.05, 0.1) is 5.69 Å². The summed E-state index contributed by atoms with van der Waals surface area (Å²) in [4.78, 5) is 24.8. The maximum Gasteiger partial charge on any atom is 0.263 e. The van der Waals surface area contributed by atoms with Crippen molar-refractivity contribution < 1.29 is 23.8 Å². The first-order valence-corrected chi connectivity index (χ1v) is 5.59. The molecular weight excluding hydrogens is 241 g/mol. The normalized spacial score (nSPS) is 26.8. The third kappa shape index (κ3) is 1.49. The number of imide groups is 1. The molecular formula is C12H10FNO4. The van der Waals surface area contributed by atoms with E-state index in [0.717, 1.165) is 11.0 Å². The molecule has 2 aliphatic heterocycles. The Morgan fingerprint density at radius 1 is 1.22 bits per heavy atom. The molecule has 5 nitrogen and oxygen atoms in total. The van der Waals surface area contributed by atoms with Crippen molar-refractivity contribution in [2.45, 2.75) is 25.0 Å². The molecule has 2 atom stereocenters. The summed E-state index contributed by atoms with van der Waals surface area (Å²) in [6.07, 6.45) is -0.376. The molecule has 0 radical (unpaired) electrons. The SMILES string of the molecule is O=C1C2CCC(O2)C(=O)N1c1ccc(O)cc1F. The Morgan fingerprint density at radius 2 is 1.83 bits per heavy atom. The lowest BCUT2D eigenvalue weighted by Crippen LogP contribution is -2.52. The standard InChI is InChI=1S/C12H10FNO4/c13-7-5-6(15)1-2-8(7)14-11(16)9-3-4-10(18-9)12(14)17/h1-2,5,9-10,15H,3-4H2. The molecule has 3 rings (SSSR count). The van der Waals surface area contributed by atoms with E-state index in [1.54, 1.807) is 0 Å². The van der Waals surface area contributed by atoms with Gasteiger partial charge in [-0.2, -0.15) is 0 Å². The highest BCUT2D eigenvalue weighted by Gasteiger charge is 2.47. The van der Waals surface area contributed by atoms with Crippen LogP contribution in [0.2, 0.25) is 0 Å². The highest BCUT2D eigenvalue weighted by atomic mass is 19.1. The molecule has 1 aromatic rings. The summed E-state index contributed by atoms with van der Waals surface area (Å²) in [5.41, 5.74) is -0.136. The zero-order chi connectivity index (χ0) is 12.9. The van der Waals surface area contributed by atoms with Gasteiger partial charge in [-0.15, -0.1) is 0 Å². The first-order valence-electron chi connectivity index (χ1n) is 5.59. The molecule has 0 spiro atoms. The molecule has 1 aromatic carbocycles. The van der Waals surface area contributed by atoms with Gasteiger partial charge in [-0.25, -0.2) is 9.29 Å². The quantitative estimate of drug-likeness (QED) is 0.755. The van der Waals surface area contributed by atoms with E-state index in [1.807, 2.05) is 0 Å². The van der Waals surface area contributed by atoms with Crippen LogP contribution in [0.25, 0.3) is 0 Å². The summed E-state index contributed by atoms with van der Waals surface area (Å²) < 4.78 is 18.9. The van der Waals surface area contributed by atoms with Crippen molar-refractivity contribution in [3.05, 3.63) is 24.0 Å². The number of anilines is 1. The second kappa shape index (κ2) is 3.78.